The molecule has 0 bridgehead atoms. The topological polar surface area (TPSA) is 42.4 Å². The number of para-hydroxylation sites is 2. The van der Waals surface area contributed by atoms with E-state index in [0.29, 0.717) is 6.61 Å². The molecule has 0 aliphatic heterocycles. The van der Waals surface area contributed by atoms with Gasteiger partial charge in [0.25, 0.3) is 5.91 Å². The highest BCUT2D eigenvalue weighted by Gasteiger charge is 2.11. The molecule has 1 aromatic heterocycles. The normalized spacial score (nSPS) is 10.8. The fraction of sp³-hybridized carbons (Fsp3) is 0.176. The summed E-state index contributed by atoms with van der Waals surface area (Å²) >= 11 is 1.59. The number of benzene rings is 2. The highest BCUT2D eigenvalue weighted by atomic mass is 32.1. The van der Waals surface area contributed by atoms with E-state index in [-0.39, 0.29) is 12.5 Å². The number of aromatic nitrogens is 1. The van der Waals surface area contributed by atoms with Gasteiger partial charge in [-0.25, -0.2) is 4.98 Å². The van der Waals surface area contributed by atoms with Crippen molar-refractivity contribution in [3.05, 3.63) is 59.6 Å². The minimum Gasteiger partial charge on any atom is -0.364 e. The molecule has 0 unspecified atom stereocenters. The average molecular weight is 312 g/mol. The lowest BCUT2D eigenvalue weighted by Gasteiger charge is -2.16. The van der Waals surface area contributed by atoms with Crippen molar-refractivity contribution in [1.29, 1.82) is 0 Å². The van der Waals surface area contributed by atoms with Gasteiger partial charge in [-0.2, -0.15) is 0 Å². The molecule has 3 aromatic rings. The number of nitrogens with zero attached hydrogens (tertiary/aromatic N) is 2. The maximum atomic E-state index is 12.1. The SMILES string of the molecule is CN(C(=O)COCc1nc2ccccc2s1)c1ccccc1. The van der Waals surface area contributed by atoms with Gasteiger partial charge in [0, 0.05) is 12.7 Å². The zero-order valence-corrected chi connectivity index (χ0v) is 13.0. The Balaban J connectivity index is 1.55. The number of ether oxygens (including phenoxy) is 1. The first-order valence-electron chi connectivity index (χ1n) is 6.98. The van der Waals surface area contributed by atoms with Gasteiger partial charge in [-0.3, -0.25) is 4.79 Å². The van der Waals surface area contributed by atoms with E-state index in [1.54, 1.807) is 23.3 Å². The molecule has 2 aromatic carbocycles. The van der Waals surface area contributed by atoms with E-state index in [0.717, 1.165) is 20.9 Å². The van der Waals surface area contributed by atoms with Gasteiger partial charge in [-0.1, -0.05) is 30.3 Å². The quantitative estimate of drug-likeness (QED) is 0.724. The number of amides is 1. The monoisotopic (exact) mass is 312 g/mol. The van der Waals surface area contributed by atoms with Crippen LogP contribution in [0.4, 0.5) is 5.69 Å². The second-order valence-corrected chi connectivity index (χ2v) is 5.97. The second kappa shape index (κ2) is 6.68. The summed E-state index contributed by atoms with van der Waals surface area (Å²) in [5.41, 5.74) is 1.83. The summed E-state index contributed by atoms with van der Waals surface area (Å²) in [6.45, 7) is 0.398. The zero-order valence-electron chi connectivity index (χ0n) is 12.2. The number of likely N-dealkylation sites (N-methyl/N-ethyl adjacent to an activating group) is 1. The van der Waals surface area contributed by atoms with Gasteiger partial charge >= 0.3 is 0 Å². The van der Waals surface area contributed by atoms with E-state index in [1.807, 2.05) is 54.6 Å². The molecule has 0 fully saturated rings. The van der Waals surface area contributed by atoms with Crippen LogP contribution >= 0.6 is 11.3 Å². The third-order valence-corrected chi connectivity index (χ3v) is 4.32. The summed E-state index contributed by atoms with van der Waals surface area (Å²) in [6.07, 6.45) is 0. The molecule has 4 nitrogen and oxygen atoms in total. The lowest BCUT2D eigenvalue weighted by molar-refractivity contribution is -0.123. The van der Waals surface area contributed by atoms with Crippen LogP contribution in [-0.4, -0.2) is 24.5 Å². The van der Waals surface area contributed by atoms with Crippen LogP contribution in [-0.2, 0) is 16.1 Å². The Morgan fingerprint density at radius 1 is 1.14 bits per heavy atom. The first-order chi connectivity index (χ1) is 10.7. The van der Waals surface area contributed by atoms with Gasteiger partial charge < -0.3 is 9.64 Å². The number of hydrogen-bond acceptors (Lipinski definition) is 4. The number of carbonyl (C=O) groups is 1. The van der Waals surface area contributed by atoms with Crippen molar-refractivity contribution < 1.29 is 9.53 Å². The molecule has 1 heterocycles. The van der Waals surface area contributed by atoms with Crippen LogP contribution < -0.4 is 4.90 Å². The van der Waals surface area contributed by atoms with E-state index in [4.69, 9.17) is 4.74 Å². The van der Waals surface area contributed by atoms with E-state index in [2.05, 4.69) is 4.98 Å². The molecule has 0 spiro atoms. The summed E-state index contributed by atoms with van der Waals surface area (Å²) in [5.74, 6) is -0.0766. The molecule has 5 heteroatoms. The van der Waals surface area contributed by atoms with Crippen LogP contribution in [0, 0.1) is 0 Å². The van der Waals surface area contributed by atoms with Crippen LogP contribution in [0.25, 0.3) is 10.2 Å². The molecule has 0 radical (unpaired) electrons. The molecule has 112 valence electrons. The summed E-state index contributed by atoms with van der Waals surface area (Å²) in [6, 6.07) is 17.5. The predicted molar refractivity (Wildman–Crippen MR) is 89.1 cm³/mol. The molecule has 3 rings (SSSR count). The molecular weight excluding hydrogens is 296 g/mol. The van der Waals surface area contributed by atoms with Gasteiger partial charge in [-0.05, 0) is 24.3 Å². The standard InChI is InChI=1S/C17H16N2O2S/c1-19(13-7-3-2-4-8-13)17(20)12-21-11-16-18-14-9-5-6-10-15(14)22-16/h2-10H,11-12H2,1H3. The van der Waals surface area contributed by atoms with Gasteiger partial charge in [-0.15, -0.1) is 11.3 Å². The Morgan fingerprint density at radius 3 is 2.64 bits per heavy atom. The molecule has 0 N–H and O–H groups in total. The minimum atomic E-state index is -0.0766. The first kappa shape index (κ1) is 14.7. The van der Waals surface area contributed by atoms with Crippen molar-refractivity contribution in [3.63, 3.8) is 0 Å². The Hall–Kier alpha value is -2.24. The molecule has 0 atom stereocenters. The Bertz CT molecular complexity index is 737. The smallest absolute Gasteiger partial charge is 0.252 e. The van der Waals surface area contributed by atoms with Gasteiger partial charge in [0.2, 0.25) is 0 Å². The van der Waals surface area contributed by atoms with Crippen LogP contribution in [0.2, 0.25) is 0 Å². The van der Waals surface area contributed by atoms with Crippen LogP contribution in [0.1, 0.15) is 5.01 Å². The number of hydrogen-bond donors (Lipinski definition) is 0. The van der Waals surface area contributed by atoms with Crippen molar-refractivity contribution in [2.45, 2.75) is 6.61 Å². The second-order valence-electron chi connectivity index (χ2n) is 4.86. The van der Waals surface area contributed by atoms with Crippen LogP contribution in [0.3, 0.4) is 0 Å². The highest BCUT2D eigenvalue weighted by molar-refractivity contribution is 7.18. The summed E-state index contributed by atoms with van der Waals surface area (Å²) in [7, 11) is 1.75. The van der Waals surface area contributed by atoms with Crippen molar-refractivity contribution in [2.75, 3.05) is 18.6 Å². The Kier molecular flexibility index (Phi) is 4.46. The van der Waals surface area contributed by atoms with Gasteiger partial charge in [0.1, 0.15) is 11.6 Å². The largest absolute Gasteiger partial charge is 0.364 e. The number of anilines is 1. The third kappa shape index (κ3) is 3.32. The number of carbonyl (C=O) groups excluding carboxylic acids is 1. The first-order valence-corrected chi connectivity index (χ1v) is 7.79. The van der Waals surface area contributed by atoms with Crippen molar-refractivity contribution in [2.24, 2.45) is 0 Å². The Labute approximate surface area is 133 Å². The lowest BCUT2D eigenvalue weighted by Crippen LogP contribution is -2.29. The zero-order chi connectivity index (χ0) is 15.4. The summed E-state index contributed by atoms with van der Waals surface area (Å²) in [4.78, 5) is 18.2. The van der Waals surface area contributed by atoms with E-state index in [1.165, 1.54) is 0 Å². The molecule has 1 amide bonds. The van der Waals surface area contributed by atoms with Gasteiger partial charge in [0.15, 0.2) is 0 Å². The van der Waals surface area contributed by atoms with E-state index < -0.39 is 0 Å². The third-order valence-electron chi connectivity index (χ3n) is 3.31. The van der Waals surface area contributed by atoms with Crippen LogP contribution in [0.5, 0.6) is 0 Å². The molecule has 0 aliphatic carbocycles. The maximum absolute atomic E-state index is 12.1. The molecular formula is C17H16N2O2S. The average Bonchev–Trinajstić information content (AvgIpc) is 2.97. The van der Waals surface area contributed by atoms with Crippen molar-refractivity contribution in [1.82, 2.24) is 4.98 Å². The van der Waals surface area contributed by atoms with E-state index in [9.17, 15) is 4.79 Å². The number of thiazole rings is 1. The van der Waals surface area contributed by atoms with Crippen molar-refractivity contribution in [3.8, 4) is 0 Å². The molecule has 0 saturated heterocycles. The fourth-order valence-electron chi connectivity index (χ4n) is 2.10. The molecule has 0 saturated carbocycles. The minimum absolute atomic E-state index is 0.0430. The Morgan fingerprint density at radius 2 is 1.86 bits per heavy atom. The van der Waals surface area contributed by atoms with Crippen molar-refractivity contribution >= 4 is 33.1 Å². The number of rotatable bonds is 5. The summed E-state index contributed by atoms with van der Waals surface area (Å²) < 4.78 is 6.64. The molecule has 0 aliphatic rings. The van der Waals surface area contributed by atoms with E-state index >= 15 is 0 Å². The highest BCUT2D eigenvalue weighted by Crippen LogP contribution is 2.22. The summed E-state index contributed by atoms with van der Waals surface area (Å²) in [5, 5.41) is 0.886. The lowest BCUT2D eigenvalue weighted by atomic mass is 10.3. The fourth-order valence-corrected chi connectivity index (χ4v) is 3.00. The maximum Gasteiger partial charge on any atom is 0.252 e. The van der Waals surface area contributed by atoms with Gasteiger partial charge in [0.05, 0.1) is 16.8 Å². The predicted octanol–water partition coefficient (Wildman–Crippen LogP) is 3.48. The van der Waals surface area contributed by atoms with Crippen LogP contribution in [0.15, 0.2) is 54.6 Å². The number of fused-ring (bicyclic) bond motifs is 1. The molecule has 22 heavy (non-hydrogen) atoms.